The van der Waals surface area contributed by atoms with E-state index in [-0.39, 0.29) is 10.6 Å². The van der Waals surface area contributed by atoms with Crippen LogP contribution in [-0.4, -0.2) is 42.4 Å². The van der Waals surface area contributed by atoms with Crippen molar-refractivity contribution < 1.29 is 23.9 Å². The fourth-order valence-corrected chi connectivity index (χ4v) is 3.89. The van der Waals surface area contributed by atoms with Gasteiger partial charge in [-0.25, -0.2) is 9.59 Å². The maximum Gasteiger partial charge on any atom is 0.350 e. The molecule has 0 aliphatic carbocycles. The van der Waals surface area contributed by atoms with Crippen LogP contribution in [0.25, 0.3) is 0 Å². The Hall–Kier alpha value is -3.20. The van der Waals surface area contributed by atoms with Crippen molar-refractivity contribution in [3.63, 3.8) is 0 Å². The van der Waals surface area contributed by atoms with Crippen LogP contribution in [-0.2, 0) is 19.9 Å². The summed E-state index contributed by atoms with van der Waals surface area (Å²) in [4.78, 5) is 50.7. The lowest BCUT2D eigenvalue weighted by Gasteiger charge is -2.25. The molecular weight excluding hydrogens is 382 g/mol. The smallest absolute Gasteiger partial charge is 0.350 e. The van der Waals surface area contributed by atoms with Crippen molar-refractivity contribution in [2.24, 2.45) is 0 Å². The molecule has 4 amide bonds. The zero-order valence-corrected chi connectivity index (χ0v) is 16.2. The molecule has 1 saturated heterocycles. The number of methoxy groups -OCH3 is 1. The number of hydrogen-bond acceptors (Lipinski definition) is 6. The van der Waals surface area contributed by atoms with Crippen LogP contribution >= 0.6 is 11.3 Å². The standard InChI is InChI=1S/C19H19N3O5S/c1-3-19(12-7-5-4-6-8-12)17(25)22(18(26)21-19)11-14(23)20-13-9-10-28-15(13)16(24)27-2/h4-10H,3,11H2,1-2H3,(H,20,23)(H,21,26). The molecule has 1 aromatic heterocycles. The summed E-state index contributed by atoms with van der Waals surface area (Å²) in [6.07, 6.45) is 0.344. The molecule has 3 rings (SSSR count). The van der Waals surface area contributed by atoms with Gasteiger partial charge in [-0.15, -0.1) is 11.3 Å². The van der Waals surface area contributed by atoms with Gasteiger partial charge in [-0.05, 0) is 23.4 Å². The molecule has 1 aliphatic heterocycles. The summed E-state index contributed by atoms with van der Waals surface area (Å²) < 4.78 is 4.67. The van der Waals surface area contributed by atoms with Gasteiger partial charge in [-0.1, -0.05) is 37.3 Å². The number of esters is 1. The van der Waals surface area contributed by atoms with E-state index in [4.69, 9.17) is 0 Å². The molecule has 2 heterocycles. The number of imide groups is 1. The molecule has 8 nitrogen and oxygen atoms in total. The summed E-state index contributed by atoms with van der Waals surface area (Å²) in [7, 11) is 1.24. The number of ether oxygens (including phenoxy) is 1. The average Bonchev–Trinajstić information content (AvgIpc) is 3.26. The summed E-state index contributed by atoms with van der Waals surface area (Å²) in [5, 5.41) is 6.91. The Morgan fingerprint density at radius 3 is 2.57 bits per heavy atom. The van der Waals surface area contributed by atoms with E-state index in [2.05, 4.69) is 15.4 Å². The second-order valence-electron chi connectivity index (χ2n) is 6.15. The number of hydrogen-bond donors (Lipinski definition) is 2. The minimum absolute atomic E-state index is 0.236. The third-order valence-corrected chi connectivity index (χ3v) is 5.48. The van der Waals surface area contributed by atoms with Gasteiger partial charge in [0.2, 0.25) is 5.91 Å². The van der Waals surface area contributed by atoms with Crippen molar-refractivity contribution in [3.8, 4) is 0 Å². The van der Waals surface area contributed by atoms with Gasteiger partial charge < -0.3 is 15.4 Å². The van der Waals surface area contributed by atoms with Gasteiger partial charge >= 0.3 is 12.0 Å². The Kier molecular flexibility index (Phi) is 5.46. The molecule has 0 radical (unpaired) electrons. The van der Waals surface area contributed by atoms with Crippen LogP contribution in [0.4, 0.5) is 10.5 Å². The lowest BCUT2D eigenvalue weighted by molar-refractivity contribution is -0.134. The van der Waals surface area contributed by atoms with Crippen molar-refractivity contribution in [3.05, 3.63) is 52.2 Å². The van der Waals surface area contributed by atoms with E-state index < -0.39 is 35.9 Å². The highest BCUT2D eigenvalue weighted by molar-refractivity contribution is 7.12. The summed E-state index contributed by atoms with van der Waals surface area (Å²) in [5.74, 6) is -1.65. The summed E-state index contributed by atoms with van der Waals surface area (Å²) in [6, 6.07) is 9.83. The highest BCUT2D eigenvalue weighted by Crippen LogP contribution is 2.32. The van der Waals surface area contributed by atoms with Gasteiger partial charge in [0.05, 0.1) is 12.8 Å². The van der Waals surface area contributed by atoms with Crippen LogP contribution in [0.15, 0.2) is 41.8 Å². The molecule has 0 spiro atoms. The molecule has 1 atom stereocenters. The van der Waals surface area contributed by atoms with E-state index in [0.29, 0.717) is 12.0 Å². The summed E-state index contributed by atoms with van der Waals surface area (Å²) in [5.41, 5.74) is -0.263. The molecule has 0 saturated carbocycles. The second kappa shape index (κ2) is 7.81. The number of carbonyl (C=O) groups is 4. The summed E-state index contributed by atoms with van der Waals surface area (Å²) >= 11 is 1.12. The van der Waals surface area contributed by atoms with Gasteiger partial charge in [-0.2, -0.15) is 0 Å². The fraction of sp³-hybridized carbons (Fsp3) is 0.263. The Labute approximate surface area is 165 Å². The van der Waals surface area contributed by atoms with Crippen LogP contribution < -0.4 is 10.6 Å². The zero-order chi connectivity index (χ0) is 20.3. The molecule has 1 aliphatic rings. The molecule has 0 bridgehead atoms. The number of nitrogens with one attached hydrogen (secondary N) is 2. The maximum atomic E-state index is 13.0. The topological polar surface area (TPSA) is 105 Å². The highest BCUT2D eigenvalue weighted by atomic mass is 32.1. The number of amides is 4. The minimum atomic E-state index is -1.20. The van der Waals surface area contributed by atoms with Gasteiger partial charge in [0.15, 0.2) is 0 Å². The lowest BCUT2D eigenvalue weighted by Crippen LogP contribution is -2.44. The number of urea groups is 1. The molecule has 1 fully saturated rings. The fourth-order valence-electron chi connectivity index (χ4n) is 3.12. The van der Waals surface area contributed by atoms with E-state index in [9.17, 15) is 19.2 Å². The zero-order valence-electron chi connectivity index (χ0n) is 15.4. The van der Waals surface area contributed by atoms with Crippen molar-refractivity contribution >= 4 is 40.8 Å². The molecule has 9 heteroatoms. The molecule has 2 N–H and O–H groups in total. The van der Waals surface area contributed by atoms with E-state index >= 15 is 0 Å². The van der Waals surface area contributed by atoms with Crippen molar-refractivity contribution in [1.82, 2.24) is 10.2 Å². The van der Waals surface area contributed by atoms with Gasteiger partial charge in [-0.3, -0.25) is 14.5 Å². The first kappa shape index (κ1) is 19.6. The first-order chi connectivity index (χ1) is 13.4. The molecular formula is C19H19N3O5S. The SMILES string of the molecule is CCC1(c2ccccc2)NC(=O)N(CC(=O)Nc2ccsc2C(=O)OC)C1=O. The van der Waals surface area contributed by atoms with Crippen molar-refractivity contribution in [2.75, 3.05) is 19.0 Å². The second-order valence-corrected chi connectivity index (χ2v) is 7.07. The van der Waals surface area contributed by atoms with Crippen LogP contribution in [0.1, 0.15) is 28.6 Å². The van der Waals surface area contributed by atoms with E-state index in [1.165, 1.54) is 7.11 Å². The largest absolute Gasteiger partial charge is 0.465 e. The van der Waals surface area contributed by atoms with Crippen LogP contribution in [0.5, 0.6) is 0 Å². The van der Waals surface area contributed by atoms with Crippen LogP contribution in [0.3, 0.4) is 0 Å². The Bertz CT molecular complexity index is 927. The van der Waals surface area contributed by atoms with Crippen molar-refractivity contribution in [1.29, 1.82) is 0 Å². The molecule has 1 aromatic carbocycles. The molecule has 28 heavy (non-hydrogen) atoms. The Morgan fingerprint density at radius 2 is 1.93 bits per heavy atom. The average molecular weight is 401 g/mol. The predicted molar refractivity (Wildman–Crippen MR) is 103 cm³/mol. The Balaban J connectivity index is 1.77. The van der Waals surface area contributed by atoms with Gasteiger partial charge in [0.25, 0.3) is 5.91 Å². The Morgan fingerprint density at radius 1 is 1.21 bits per heavy atom. The van der Waals surface area contributed by atoms with Crippen LogP contribution in [0, 0.1) is 0 Å². The first-order valence-corrected chi connectivity index (χ1v) is 9.46. The number of anilines is 1. The monoisotopic (exact) mass is 401 g/mol. The van der Waals surface area contributed by atoms with Gasteiger partial charge in [0, 0.05) is 0 Å². The predicted octanol–water partition coefficient (Wildman–Crippen LogP) is 2.33. The quantitative estimate of drug-likeness (QED) is 0.571. The first-order valence-electron chi connectivity index (χ1n) is 8.58. The third kappa shape index (κ3) is 3.36. The third-order valence-electron chi connectivity index (χ3n) is 4.58. The number of rotatable bonds is 6. The van der Waals surface area contributed by atoms with E-state index in [0.717, 1.165) is 16.2 Å². The molecule has 1 unspecified atom stereocenters. The number of carbonyl (C=O) groups excluding carboxylic acids is 4. The van der Waals surface area contributed by atoms with E-state index in [1.54, 1.807) is 42.6 Å². The van der Waals surface area contributed by atoms with Gasteiger partial charge in [0.1, 0.15) is 17.0 Å². The van der Waals surface area contributed by atoms with Crippen molar-refractivity contribution in [2.45, 2.75) is 18.9 Å². The lowest BCUT2D eigenvalue weighted by atomic mass is 9.87. The maximum absolute atomic E-state index is 13.0. The van der Waals surface area contributed by atoms with E-state index in [1.807, 2.05) is 6.07 Å². The molecule has 2 aromatic rings. The highest BCUT2D eigenvalue weighted by Gasteiger charge is 2.51. The van der Waals surface area contributed by atoms with Crippen LogP contribution in [0.2, 0.25) is 0 Å². The normalized spacial score (nSPS) is 18.7. The minimum Gasteiger partial charge on any atom is -0.465 e. The number of benzene rings is 1. The molecule has 146 valence electrons. The number of nitrogens with zero attached hydrogens (tertiary/aromatic N) is 1. The number of thiophene rings is 1. The summed E-state index contributed by atoms with van der Waals surface area (Å²) in [6.45, 7) is 1.33.